The molecule has 0 fully saturated rings. The molecule has 0 unspecified atom stereocenters. The molecule has 0 aliphatic heterocycles. The first-order valence-corrected chi connectivity index (χ1v) is 5.21. The fraction of sp³-hybridized carbons (Fsp3) is 0.111. The van der Waals surface area contributed by atoms with E-state index in [0.29, 0.717) is 0 Å². The lowest BCUT2D eigenvalue weighted by molar-refractivity contribution is 1.28. The van der Waals surface area contributed by atoms with E-state index in [1.165, 1.54) is 20.9 Å². The van der Waals surface area contributed by atoms with Crippen LogP contribution in [0.4, 0.5) is 0 Å². The molecule has 2 aromatic rings. The van der Waals surface area contributed by atoms with Crippen molar-refractivity contribution >= 4 is 22.7 Å². The van der Waals surface area contributed by atoms with Gasteiger partial charge in [0, 0.05) is 17.5 Å². The average Bonchev–Trinajstić information content (AvgIpc) is 2.72. The van der Waals surface area contributed by atoms with Gasteiger partial charge in [0.25, 0.3) is 0 Å². The summed E-state index contributed by atoms with van der Waals surface area (Å²) in [5, 5.41) is 4.16. The number of hydrogen-bond donors (Lipinski definition) is 0. The highest BCUT2D eigenvalue weighted by Crippen LogP contribution is 2.43. The van der Waals surface area contributed by atoms with E-state index < -0.39 is 0 Å². The molecular weight excluding hydrogens is 172 g/mol. The highest BCUT2D eigenvalue weighted by atomic mass is 32.1. The van der Waals surface area contributed by atoms with Crippen LogP contribution in [0.1, 0.15) is 12.5 Å². The summed E-state index contributed by atoms with van der Waals surface area (Å²) in [6.45, 7) is 0. The Balaban J connectivity index is 2.39. The van der Waals surface area contributed by atoms with Crippen LogP contribution in [0.3, 0.4) is 0 Å². The van der Waals surface area contributed by atoms with Crippen LogP contribution >= 0.6 is 22.7 Å². The van der Waals surface area contributed by atoms with Crippen LogP contribution in [0.25, 0.3) is 9.75 Å². The summed E-state index contributed by atoms with van der Waals surface area (Å²) in [5.74, 6) is 0. The summed E-state index contributed by atoms with van der Waals surface area (Å²) in [4.78, 5) is 2.64. The molecule has 11 heavy (non-hydrogen) atoms. The lowest BCUT2D eigenvalue weighted by Gasteiger charge is -1.84. The quantitative estimate of drug-likeness (QED) is 0.581. The second-order valence-electron chi connectivity index (χ2n) is 2.55. The predicted octanol–water partition coefficient (Wildman–Crippen LogP) is 3.38. The van der Waals surface area contributed by atoms with Crippen molar-refractivity contribution in [3.05, 3.63) is 34.0 Å². The lowest BCUT2D eigenvalue weighted by atomic mass is 10.2. The molecule has 54 valence electrons. The highest BCUT2D eigenvalue weighted by Gasteiger charge is 2.19. The summed E-state index contributed by atoms with van der Waals surface area (Å²) in [7, 11) is 0. The molecular formula is C9H6S2. The number of hydrogen-bond acceptors (Lipinski definition) is 2. The van der Waals surface area contributed by atoms with Crippen LogP contribution in [0.2, 0.25) is 0 Å². The molecule has 2 aromatic heterocycles. The molecule has 0 bridgehead atoms. The van der Waals surface area contributed by atoms with Crippen molar-refractivity contribution in [2.75, 3.05) is 0 Å². The third kappa shape index (κ3) is 0.686. The molecule has 1 aliphatic rings. The molecule has 0 nitrogen and oxygen atoms in total. The zero-order valence-electron chi connectivity index (χ0n) is 6.70. The summed E-state index contributed by atoms with van der Waals surface area (Å²) in [6, 6.07) is 4.15. The summed E-state index contributed by atoms with van der Waals surface area (Å²) < 4.78 is 7.94. The Labute approximate surface area is 74.5 Å². The van der Waals surface area contributed by atoms with E-state index in [2.05, 4.69) is 22.9 Å². The molecule has 0 aromatic carbocycles. The second kappa shape index (κ2) is 1.96. The van der Waals surface area contributed by atoms with E-state index in [4.69, 9.17) is 1.37 Å². The first-order chi connectivity index (χ1) is 5.88. The van der Waals surface area contributed by atoms with Gasteiger partial charge in [-0.25, -0.2) is 0 Å². The van der Waals surface area contributed by atoms with Gasteiger partial charge in [-0.05, 0) is 34.0 Å². The van der Waals surface area contributed by atoms with E-state index in [0.717, 1.165) is 0 Å². The second-order valence-corrected chi connectivity index (χ2v) is 4.39. The smallest absolute Gasteiger partial charge is 0.0480 e. The molecule has 0 radical (unpaired) electrons. The van der Waals surface area contributed by atoms with Crippen LogP contribution < -0.4 is 0 Å². The van der Waals surface area contributed by atoms with Gasteiger partial charge < -0.3 is 0 Å². The lowest BCUT2D eigenvalue weighted by Crippen LogP contribution is -1.72. The van der Waals surface area contributed by atoms with Gasteiger partial charge in [0.1, 0.15) is 0 Å². The Morgan fingerprint density at radius 3 is 2.18 bits per heavy atom. The van der Waals surface area contributed by atoms with E-state index >= 15 is 0 Å². The topological polar surface area (TPSA) is 0 Å². The Kier molecular flexibility index (Phi) is 0.911. The maximum Gasteiger partial charge on any atom is 0.0480 e. The molecule has 0 saturated heterocycles. The van der Waals surface area contributed by atoms with Crippen molar-refractivity contribution in [1.29, 1.82) is 0 Å². The molecule has 0 saturated carbocycles. The van der Waals surface area contributed by atoms with Crippen LogP contribution in [0, 0.1) is 0 Å². The Bertz CT molecular complexity index is 387. The van der Waals surface area contributed by atoms with Gasteiger partial charge in [0.15, 0.2) is 0 Å². The van der Waals surface area contributed by atoms with E-state index in [1.807, 2.05) is 0 Å². The van der Waals surface area contributed by atoms with Crippen LogP contribution in [0.15, 0.2) is 22.9 Å². The summed E-state index contributed by atoms with van der Waals surface area (Å²) in [5.41, 5.74) is 2.39. The Morgan fingerprint density at radius 1 is 1.09 bits per heavy atom. The van der Waals surface area contributed by atoms with Crippen molar-refractivity contribution < 1.29 is 1.37 Å². The minimum absolute atomic E-state index is 0.118. The maximum absolute atomic E-state index is 7.94. The van der Waals surface area contributed by atoms with Crippen molar-refractivity contribution in [3.8, 4) is 9.75 Å². The summed E-state index contributed by atoms with van der Waals surface area (Å²) >= 11 is 3.51. The monoisotopic (exact) mass is 179 g/mol. The van der Waals surface area contributed by atoms with Gasteiger partial charge in [-0.2, -0.15) is 0 Å². The van der Waals surface area contributed by atoms with Gasteiger partial charge >= 0.3 is 0 Å². The van der Waals surface area contributed by atoms with Crippen molar-refractivity contribution in [1.82, 2.24) is 0 Å². The van der Waals surface area contributed by atoms with E-state index in [-0.39, 0.29) is 6.40 Å². The number of rotatable bonds is 0. The first kappa shape index (κ1) is 5.12. The normalized spacial score (nSPS) is 16.2. The number of thiophene rings is 2. The molecule has 0 atom stereocenters. The SMILES string of the molecule is [2H]C1c2ccsc2-c2sccc21. The molecule has 3 rings (SSSR count). The largest absolute Gasteiger partial charge is 0.143 e. The fourth-order valence-corrected chi connectivity index (χ4v) is 3.37. The van der Waals surface area contributed by atoms with Gasteiger partial charge in [-0.3, -0.25) is 0 Å². The van der Waals surface area contributed by atoms with Gasteiger partial charge in [0.2, 0.25) is 0 Å². The Hall–Kier alpha value is -0.600. The first-order valence-electron chi connectivity index (χ1n) is 4.03. The molecule has 0 spiro atoms. The Morgan fingerprint density at radius 2 is 1.64 bits per heavy atom. The average molecular weight is 179 g/mol. The molecule has 2 heteroatoms. The summed E-state index contributed by atoms with van der Waals surface area (Å²) in [6.07, 6.45) is -0.118. The van der Waals surface area contributed by atoms with Gasteiger partial charge in [-0.1, -0.05) is 0 Å². The third-order valence-electron chi connectivity index (χ3n) is 1.91. The zero-order valence-corrected chi connectivity index (χ0v) is 7.34. The van der Waals surface area contributed by atoms with Crippen LogP contribution in [-0.2, 0) is 6.40 Å². The van der Waals surface area contributed by atoms with Crippen molar-refractivity contribution in [3.63, 3.8) is 0 Å². The van der Waals surface area contributed by atoms with Gasteiger partial charge in [-0.15, -0.1) is 22.7 Å². The van der Waals surface area contributed by atoms with Gasteiger partial charge in [0.05, 0.1) is 0 Å². The fourth-order valence-electron chi connectivity index (χ4n) is 1.40. The molecule has 2 heterocycles. The maximum atomic E-state index is 7.94. The standard InChI is InChI=1S/C9H6S2/c1-3-10-8-6(1)5-7-2-4-11-9(7)8/h1-4H,5H2/i5D. The zero-order chi connectivity index (χ0) is 8.13. The van der Waals surface area contributed by atoms with Crippen LogP contribution in [0.5, 0.6) is 0 Å². The van der Waals surface area contributed by atoms with E-state index in [1.54, 1.807) is 22.7 Å². The number of fused-ring (bicyclic) bond motifs is 3. The van der Waals surface area contributed by atoms with Crippen molar-refractivity contribution in [2.24, 2.45) is 0 Å². The molecule has 0 N–H and O–H groups in total. The van der Waals surface area contributed by atoms with Crippen LogP contribution in [-0.4, -0.2) is 0 Å². The predicted molar refractivity (Wildman–Crippen MR) is 50.4 cm³/mol. The molecule has 0 amide bonds. The highest BCUT2D eigenvalue weighted by molar-refractivity contribution is 7.20. The minimum atomic E-state index is -0.118. The third-order valence-corrected chi connectivity index (χ3v) is 3.93. The molecule has 1 aliphatic carbocycles. The van der Waals surface area contributed by atoms with Crippen molar-refractivity contribution in [2.45, 2.75) is 6.40 Å². The van der Waals surface area contributed by atoms with E-state index in [9.17, 15) is 0 Å². The minimum Gasteiger partial charge on any atom is -0.143 e.